The van der Waals surface area contributed by atoms with Gasteiger partial charge < -0.3 is 19.7 Å². The Hall–Kier alpha value is -1.50. The lowest BCUT2D eigenvalue weighted by atomic mass is 9.39. The van der Waals surface area contributed by atoms with Crippen LogP contribution >= 0.6 is 0 Å². The Morgan fingerprint density at radius 2 is 1.86 bits per heavy atom. The largest absolute Gasteiger partial charge is 0.469 e. The van der Waals surface area contributed by atoms with Crippen molar-refractivity contribution in [1.29, 1.82) is 0 Å². The molecule has 2 saturated carbocycles. The number of aliphatic hydroxyl groups is 2. The third-order valence-electron chi connectivity index (χ3n) is 11.9. The standard InChI is InChI=1S/C31H46O6/c1-17(2)19-12-18(13-21(19)32)20-8-9-22-28(20,3)11-10-23-29(4)15-26(34)37-16-30(5,27(35)36-7)24(29)14-25(33)31(22,23)6/h9,12,17-18,20,23-26,33-34H,8,10-11,13-16H2,1-7H3/t18-,20-,23+,24+,25+,26-,28-,29+,30-,31-/m0/s1. The van der Waals surface area contributed by atoms with Gasteiger partial charge in [0.05, 0.1) is 25.2 Å². The Balaban J connectivity index is 1.53. The second kappa shape index (κ2) is 8.76. The Kier molecular flexibility index (Phi) is 6.41. The van der Waals surface area contributed by atoms with E-state index in [2.05, 4.69) is 46.8 Å². The molecule has 0 aromatic carbocycles. The fraction of sp³-hybridized carbons (Fsp3) is 0.806. The highest BCUT2D eigenvalue weighted by Crippen LogP contribution is 2.72. The van der Waals surface area contributed by atoms with E-state index in [0.29, 0.717) is 31.0 Å². The second-order valence-corrected chi connectivity index (χ2v) is 14.0. The maximum atomic E-state index is 13.1. The zero-order chi connectivity index (χ0) is 27.1. The van der Waals surface area contributed by atoms with Crippen molar-refractivity contribution in [3.63, 3.8) is 0 Å². The van der Waals surface area contributed by atoms with Crippen molar-refractivity contribution in [2.45, 2.75) is 92.5 Å². The van der Waals surface area contributed by atoms with Gasteiger partial charge in [-0.3, -0.25) is 9.59 Å². The number of carbonyl (C=O) groups excluding carboxylic acids is 2. The van der Waals surface area contributed by atoms with Gasteiger partial charge in [-0.25, -0.2) is 0 Å². The summed E-state index contributed by atoms with van der Waals surface area (Å²) in [6.07, 6.45) is 7.33. The molecule has 0 radical (unpaired) electrons. The van der Waals surface area contributed by atoms with E-state index >= 15 is 0 Å². The van der Waals surface area contributed by atoms with Crippen molar-refractivity contribution in [1.82, 2.24) is 0 Å². The van der Waals surface area contributed by atoms with Gasteiger partial charge in [-0.15, -0.1) is 0 Å². The van der Waals surface area contributed by atoms with Crippen molar-refractivity contribution in [2.24, 2.45) is 51.2 Å². The van der Waals surface area contributed by atoms with E-state index in [1.165, 1.54) is 12.7 Å². The number of ether oxygens (including phenoxy) is 2. The average molecular weight is 515 g/mol. The van der Waals surface area contributed by atoms with E-state index in [1.807, 2.05) is 6.92 Å². The summed E-state index contributed by atoms with van der Waals surface area (Å²) in [5, 5.41) is 22.8. The molecule has 3 fully saturated rings. The summed E-state index contributed by atoms with van der Waals surface area (Å²) >= 11 is 0. The van der Waals surface area contributed by atoms with Crippen LogP contribution in [0.15, 0.2) is 23.3 Å². The lowest BCUT2D eigenvalue weighted by molar-refractivity contribution is -0.190. The number of Topliss-reactive ketones (excluding diaryl/α,β-unsaturated/α-hetero) is 1. The average Bonchev–Trinajstić information content (AvgIpc) is 3.36. The first-order chi connectivity index (χ1) is 17.2. The van der Waals surface area contributed by atoms with Crippen LogP contribution in [-0.4, -0.2) is 48.1 Å². The van der Waals surface area contributed by atoms with Gasteiger partial charge in [0, 0.05) is 18.3 Å². The van der Waals surface area contributed by atoms with Crippen molar-refractivity contribution in [3.8, 4) is 0 Å². The van der Waals surface area contributed by atoms with Crippen LogP contribution in [-0.2, 0) is 19.1 Å². The summed E-state index contributed by atoms with van der Waals surface area (Å²) in [7, 11) is 1.40. The number of methoxy groups -OCH3 is 1. The number of aliphatic hydroxyl groups excluding tert-OH is 2. The number of fused-ring (bicyclic) bond motifs is 5. The smallest absolute Gasteiger partial charge is 0.314 e. The molecule has 1 heterocycles. The first-order valence-corrected chi connectivity index (χ1v) is 14.3. The predicted octanol–water partition coefficient (Wildman–Crippen LogP) is 4.83. The molecule has 37 heavy (non-hydrogen) atoms. The highest BCUT2D eigenvalue weighted by atomic mass is 16.6. The summed E-state index contributed by atoms with van der Waals surface area (Å²) < 4.78 is 11.0. The van der Waals surface area contributed by atoms with E-state index in [-0.39, 0.29) is 41.7 Å². The molecule has 6 heteroatoms. The van der Waals surface area contributed by atoms with Gasteiger partial charge in [-0.05, 0) is 78.6 Å². The third kappa shape index (κ3) is 3.61. The summed E-state index contributed by atoms with van der Waals surface area (Å²) in [5.41, 5.74) is 0.382. The van der Waals surface area contributed by atoms with Crippen LogP contribution < -0.4 is 0 Å². The minimum absolute atomic E-state index is 0.0825. The molecule has 206 valence electrons. The molecule has 0 aromatic heterocycles. The summed E-state index contributed by atoms with van der Waals surface area (Å²) in [6.45, 7) is 12.9. The Morgan fingerprint density at radius 1 is 1.16 bits per heavy atom. The first-order valence-electron chi connectivity index (χ1n) is 14.3. The molecule has 0 aromatic rings. The van der Waals surface area contributed by atoms with Gasteiger partial charge in [-0.1, -0.05) is 52.3 Å². The molecule has 1 aliphatic heterocycles. The topological polar surface area (TPSA) is 93.1 Å². The molecule has 0 unspecified atom stereocenters. The molecular weight excluding hydrogens is 468 g/mol. The quantitative estimate of drug-likeness (QED) is 0.414. The molecule has 1 saturated heterocycles. The van der Waals surface area contributed by atoms with Gasteiger partial charge in [-0.2, -0.15) is 0 Å². The number of hydrogen-bond donors (Lipinski definition) is 2. The molecule has 4 aliphatic carbocycles. The number of rotatable bonds is 3. The number of ketones is 1. The van der Waals surface area contributed by atoms with Crippen LogP contribution in [0.2, 0.25) is 0 Å². The minimum Gasteiger partial charge on any atom is -0.469 e. The van der Waals surface area contributed by atoms with E-state index in [0.717, 1.165) is 24.8 Å². The monoisotopic (exact) mass is 514 g/mol. The molecule has 10 atom stereocenters. The van der Waals surface area contributed by atoms with Crippen LogP contribution in [0, 0.1) is 51.2 Å². The highest BCUT2D eigenvalue weighted by molar-refractivity contribution is 5.98. The predicted molar refractivity (Wildman–Crippen MR) is 140 cm³/mol. The van der Waals surface area contributed by atoms with E-state index in [1.54, 1.807) is 0 Å². The second-order valence-electron chi connectivity index (χ2n) is 14.0. The third-order valence-corrected chi connectivity index (χ3v) is 11.9. The molecular formula is C31H46O6. The van der Waals surface area contributed by atoms with Crippen molar-refractivity contribution in [3.05, 3.63) is 23.3 Å². The fourth-order valence-corrected chi connectivity index (χ4v) is 10.1. The molecule has 0 spiro atoms. The van der Waals surface area contributed by atoms with Crippen LogP contribution in [0.1, 0.15) is 80.1 Å². The lowest BCUT2D eigenvalue weighted by Gasteiger charge is -2.65. The molecule has 5 aliphatic rings. The Morgan fingerprint density at radius 3 is 2.49 bits per heavy atom. The molecule has 0 bridgehead atoms. The zero-order valence-electron chi connectivity index (χ0n) is 23.7. The molecule has 2 N–H and O–H groups in total. The van der Waals surface area contributed by atoms with Crippen molar-refractivity contribution < 1.29 is 29.3 Å². The van der Waals surface area contributed by atoms with Gasteiger partial charge in [0.25, 0.3) is 0 Å². The Labute approximate surface area is 221 Å². The first kappa shape index (κ1) is 27.1. The number of allylic oxidation sites excluding steroid dienone is 3. The maximum absolute atomic E-state index is 13.1. The van der Waals surface area contributed by atoms with Gasteiger partial charge in [0.2, 0.25) is 0 Å². The minimum atomic E-state index is -0.957. The lowest BCUT2D eigenvalue weighted by Crippen LogP contribution is -2.64. The van der Waals surface area contributed by atoms with Crippen molar-refractivity contribution in [2.75, 3.05) is 13.7 Å². The number of esters is 1. The zero-order valence-corrected chi connectivity index (χ0v) is 23.7. The van der Waals surface area contributed by atoms with Gasteiger partial charge >= 0.3 is 5.97 Å². The summed E-state index contributed by atoms with van der Waals surface area (Å²) in [6, 6.07) is 0. The van der Waals surface area contributed by atoms with Gasteiger partial charge in [0.15, 0.2) is 12.1 Å². The van der Waals surface area contributed by atoms with Crippen LogP contribution in [0.25, 0.3) is 0 Å². The van der Waals surface area contributed by atoms with Gasteiger partial charge in [0.1, 0.15) is 0 Å². The Bertz CT molecular complexity index is 1040. The molecule has 0 amide bonds. The number of hydrogen-bond acceptors (Lipinski definition) is 6. The summed E-state index contributed by atoms with van der Waals surface area (Å²) in [4.78, 5) is 25.9. The van der Waals surface area contributed by atoms with E-state index in [4.69, 9.17) is 9.47 Å². The number of carbonyl (C=O) groups is 2. The summed E-state index contributed by atoms with van der Waals surface area (Å²) in [5.74, 6) is 0.693. The van der Waals surface area contributed by atoms with Crippen LogP contribution in [0.4, 0.5) is 0 Å². The van der Waals surface area contributed by atoms with Crippen LogP contribution in [0.5, 0.6) is 0 Å². The molecule has 5 rings (SSSR count). The van der Waals surface area contributed by atoms with E-state index in [9.17, 15) is 19.8 Å². The van der Waals surface area contributed by atoms with Crippen LogP contribution in [0.3, 0.4) is 0 Å². The van der Waals surface area contributed by atoms with Crippen molar-refractivity contribution >= 4 is 11.8 Å². The molecule has 6 nitrogen and oxygen atoms in total. The highest BCUT2D eigenvalue weighted by Gasteiger charge is 2.69. The SMILES string of the molecule is COC(=O)[C@@]1(C)CO[C@H](O)C[C@]2(C)[C@H]3CC[C@]4(C)C(=CC[C@H]4[C@H]4C=C(C(C)C)C(=O)C4)[C@]3(C)[C@H](O)C[C@H]21. The maximum Gasteiger partial charge on any atom is 0.314 e. The van der Waals surface area contributed by atoms with E-state index < -0.39 is 28.6 Å². The normalized spacial score (nSPS) is 49.5. The fourth-order valence-electron chi connectivity index (χ4n) is 10.1.